The molecule has 0 saturated carbocycles. The third kappa shape index (κ3) is 1.77. The molecule has 1 spiro atoms. The van der Waals surface area contributed by atoms with E-state index >= 15 is 0 Å². The summed E-state index contributed by atoms with van der Waals surface area (Å²) in [5, 5.41) is 2.90. The number of para-hydroxylation sites is 1. The zero-order chi connectivity index (χ0) is 15.3. The number of nitrogens with zero attached hydrogens (tertiary/aromatic N) is 1. The van der Waals surface area contributed by atoms with Crippen molar-refractivity contribution in [1.82, 2.24) is 0 Å². The van der Waals surface area contributed by atoms with Gasteiger partial charge in [0.25, 0.3) is 5.91 Å². The van der Waals surface area contributed by atoms with Gasteiger partial charge in [0, 0.05) is 21.4 Å². The Labute approximate surface area is 140 Å². The van der Waals surface area contributed by atoms with Gasteiger partial charge in [-0.25, -0.2) is 0 Å². The first-order valence-electron chi connectivity index (χ1n) is 6.76. The zero-order valence-corrected chi connectivity index (χ0v) is 13.8. The van der Waals surface area contributed by atoms with Crippen LogP contribution >= 0.6 is 27.7 Å². The van der Waals surface area contributed by atoms with Crippen LogP contribution in [0.25, 0.3) is 0 Å². The molecular formula is C16H11BrN2O2S. The van der Waals surface area contributed by atoms with E-state index in [9.17, 15) is 9.59 Å². The Morgan fingerprint density at radius 2 is 1.91 bits per heavy atom. The van der Waals surface area contributed by atoms with Gasteiger partial charge in [0.05, 0.1) is 5.75 Å². The lowest BCUT2D eigenvalue weighted by Crippen LogP contribution is -2.47. The van der Waals surface area contributed by atoms with Crippen LogP contribution in [0.5, 0.6) is 0 Å². The van der Waals surface area contributed by atoms with Crippen LogP contribution in [-0.2, 0) is 14.5 Å². The number of halogens is 1. The Kier molecular flexibility index (Phi) is 3.06. The van der Waals surface area contributed by atoms with Gasteiger partial charge >= 0.3 is 0 Å². The average Bonchev–Trinajstić information content (AvgIpc) is 3.00. The Morgan fingerprint density at radius 1 is 1.14 bits per heavy atom. The van der Waals surface area contributed by atoms with Crippen LogP contribution in [0, 0.1) is 0 Å². The van der Waals surface area contributed by atoms with Crippen LogP contribution in [0.3, 0.4) is 0 Å². The maximum Gasteiger partial charge on any atom is 0.266 e. The predicted octanol–water partition coefficient (Wildman–Crippen LogP) is 3.33. The summed E-state index contributed by atoms with van der Waals surface area (Å²) in [4.78, 5) is 25.8. The first-order valence-corrected chi connectivity index (χ1v) is 8.54. The minimum atomic E-state index is -1.02. The van der Waals surface area contributed by atoms with E-state index < -0.39 is 4.87 Å². The third-order valence-corrected chi connectivity index (χ3v) is 5.78. The van der Waals surface area contributed by atoms with E-state index in [1.54, 1.807) is 4.90 Å². The monoisotopic (exact) mass is 374 g/mol. The lowest BCUT2D eigenvalue weighted by atomic mass is 10.0. The van der Waals surface area contributed by atoms with Crippen LogP contribution in [0.4, 0.5) is 11.4 Å². The number of carbonyl (C=O) groups is 2. The number of amides is 2. The van der Waals surface area contributed by atoms with Crippen LogP contribution in [0.1, 0.15) is 5.56 Å². The zero-order valence-electron chi connectivity index (χ0n) is 11.4. The summed E-state index contributed by atoms with van der Waals surface area (Å²) in [6.45, 7) is 0. The highest BCUT2D eigenvalue weighted by Crippen LogP contribution is 2.53. The number of anilines is 2. The molecule has 0 aromatic heterocycles. The molecule has 2 aliphatic rings. The van der Waals surface area contributed by atoms with Gasteiger partial charge in [-0.1, -0.05) is 34.1 Å². The van der Waals surface area contributed by atoms with E-state index in [-0.39, 0.29) is 17.6 Å². The van der Waals surface area contributed by atoms with E-state index in [0.717, 1.165) is 21.4 Å². The third-order valence-electron chi connectivity index (χ3n) is 3.89. The molecule has 4 nitrogen and oxygen atoms in total. The Hall–Kier alpha value is -1.79. The lowest BCUT2D eigenvalue weighted by molar-refractivity contribution is -0.122. The Morgan fingerprint density at radius 3 is 2.68 bits per heavy atom. The molecule has 1 atom stereocenters. The molecule has 1 saturated heterocycles. The molecule has 2 amide bonds. The fraction of sp³-hybridized carbons (Fsp3) is 0.125. The van der Waals surface area contributed by atoms with Gasteiger partial charge in [0.2, 0.25) is 10.8 Å². The Balaban J connectivity index is 1.95. The van der Waals surface area contributed by atoms with Crippen molar-refractivity contribution in [1.29, 1.82) is 0 Å². The predicted molar refractivity (Wildman–Crippen MR) is 90.8 cm³/mol. The van der Waals surface area contributed by atoms with Crippen LogP contribution in [0.2, 0.25) is 0 Å². The van der Waals surface area contributed by atoms with E-state index in [2.05, 4.69) is 21.2 Å². The summed E-state index contributed by atoms with van der Waals surface area (Å²) >= 11 is 4.82. The minimum absolute atomic E-state index is 0.0563. The van der Waals surface area contributed by atoms with E-state index in [1.807, 2.05) is 48.5 Å². The van der Waals surface area contributed by atoms with Gasteiger partial charge in [0.1, 0.15) is 0 Å². The van der Waals surface area contributed by atoms with Crippen molar-refractivity contribution in [3.63, 3.8) is 0 Å². The summed E-state index contributed by atoms with van der Waals surface area (Å²) in [5.41, 5.74) is 2.32. The van der Waals surface area contributed by atoms with Gasteiger partial charge in [-0.05, 0) is 30.3 Å². The van der Waals surface area contributed by atoms with Crippen LogP contribution < -0.4 is 10.2 Å². The number of carbonyl (C=O) groups excluding carboxylic acids is 2. The maximum atomic E-state index is 12.8. The van der Waals surface area contributed by atoms with Crippen molar-refractivity contribution in [2.24, 2.45) is 0 Å². The van der Waals surface area contributed by atoms with Gasteiger partial charge < -0.3 is 5.32 Å². The van der Waals surface area contributed by atoms with Crippen molar-refractivity contribution in [3.8, 4) is 0 Å². The molecule has 22 heavy (non-hydrogen) atoms. The summed E-state index contributed by atoms with van der Waals surface area (Å²) in [6.07, 6.45) is 0. The number of thioether (sulfide) groups is 1. The first kappa shape index (κ1) is 13.8. The molecule has 2 aromatic rings. The highest BCUT2D eigenvalue weighted by molar-refractivity contribution is 9.10. The maximum absolute atomic E-state index is 12.8. The van der Waals surface area contributed by atoms with E-state index in [1.165, 1.54) is 11.8 Å². The van der Waals surface area contributed by atoms with Crippen molar-refractivity contribution in [3.05, 3.63) is 58.6 Å². The van der Waals surface area contributed by atoms with Gasteiger partial charge in [0.15, 0.2) is 0 Å². The second kappa shape index (κ2) is 4.86. The number of benzene rings is 2. The van der Waals surface area contributed by atoms with Gasteiger partial charge in [-0.15, -0.1) is 11.8 Å². The second-order valence-corrected chi connectivity index (χ2v) is 7.23. The SMILES string of the molecule is O=C1CS[C@@]2(C(=O)Nc3ccc(Br)cc32)N1c1ccccc1. The summed E-state index contributed by atoms with van der Waals surface area (Å²) < 4.78 is 0.884. The molecular weight excluding hydrogens is 364 g/mol. The normalized spacial score (nSPS) is 23.0. The lowest BCUT2D eigenvalue weighted by Gasteiger charge is -2.32. The molecule has 6 heteroatoms. The fourth-order valence-electron chi connectivity index (χ4n) is 2.97. The molecule has 4 rings (SSSR count). The standard InChI is InChI=1S/C16H11BrN2O2S/c17-10-6-7-13-12(8-10)16(15(21)18-13)19(14(20)9-22-16)11-4-2-1-3-5-11/h1-8H,9H2,(H,18,21)/t16-/m0/s1. The average molecular weight is 375 g/mol. The van der Waals surface area contributed by atoms with Gasteiger partial charge in [-0.2, -0.15) is 0 Å². The summed E-state index contributed by atoms with van der Waals surface area (Å²) in [7, 11) is 0. The molecule has 1 fully saturated rings. The van der Waals surface area contributed by atoms with Crippen molar-refractivity contribution in [2.75, 3.05) is 16.0 Å². The number of rotatable bonds is 1. The molecule has 0 radical (unpaired) electrons. The minimum Gasteiger partial charge on any atom is -0.323 e. The van der Waals surface area contributed by atoms with Crippen LogP contribution in [0.15, 0.2) is 53.0 Å². The highest BCUT2D eigenvalue weighted by atomic mass is 79.9. The first-order chi connectivity index (χ1) is 10.6. The fourth-order valence-corrected chi connectivity index (χ4v) is 4.64. The molecule has 2 heterocycles. The second-order valence-electron chi connectivity index (χ2n) is 5.14. The van der Waals surface area contributed by atoms with Crippen LogP contribution in [-0.4, -0.2) is 17.6 Å². The molecule has 2 aromatic carbocycles. The quantitative estimate of drug-likeness (QED) is 0.832. The molecule has 110 valence electrons. The molecule has 2 aliphatic heterocycles. The largest absolute Gasteiger partial charge is 0.323 e. The van der Waals surface area contributed by atoms with E-state index in [4.69, 9.17) is 0 Å². The van der Waals surface area contributed by atoms with E-state index in [0.29, 0.717) is 0 Å². The topological polar surface area (TPSA) is 49.4 Å². The highest BCUT2D eigenvalue weighted by Gasteiger charge is 2.58. The molecule has 1 N–H and O–H groups in total. The van der Waals surface area contributed by atoms with Crippen molar-refractivity contribution >= 4 is 50.9 Å². The van der Waals surface area contributed by atoms with Gasteiger partial charge in [-0.3, -0.25) is 14.5 Å². The van der Waals surface area contributed by atoms with Crippen molar-refractivity contribution < 1.29 is 9.59 Å². The number of fused-ring (bicyclic) bond motifs is 2. The Bertz CT molecular complexity index is 796. The molecule has 0 aliphatic carbocycles. The number of hydrogen-bond donors (Lipinski definition) is 1. The smallest absolute Gasteiger partial charge is 0.266 e. The summed E-state index contributed by atoms with van der Waals surface area (Å²) in [6, 6.07) is 15.0. The number of hydrogen-bond acceptors (Lipinski definition) is 3. The molecule has 0 bridgehead atoms. The number of nitrogens with one attached hydrogen (secondary N) is 1. The summed E-state index contributed by atoms with van der Waals surface area (Å²) in [5.74, 6) is 0.0633. The molecule has 0 unspecified atom stereocenters. The van der Waals surface area contributed by atoms with Crippen molar-refractivity contribution in [2.45, 2.75) is 4.87 Å².